The number of aryl methyl sites for hydroxylation is 1. The normalized spacial score (nSPS) is 23.3. The maximum Gasteiger partial charge on any atom is 0.276 e. The summed E-state index contributed by atoms with van der Waals surface area (Å²) in [6.45, 7) is 4.18. The maximum absolute atomic E-state index is 12.4. The number of rotatable bonds is 4. The molecule has 2 fully saturated rings. The van der Waals surface area contributed by atoms with Crippen molar-refractivity contribution in [1.82, 2.24) is 10.1 Å². The molecule has 2 heterocycles. The molecule has 1 atom stereocenters. The van der Waals surface area contributed by atoms with Gasteiger partial charge in [-0.25, -0.2) is 0 Å². The van der Waals surface area contributed by atoms with E-state index in [0.717, 1.165) is 39.0 Å². The fraction of sp³-hybridized carbons (Fsp3) is 0.692. The van der Waals surface area contributed by atoms with Crippen LogP contribution in [0.2, 0.25) is 0 Å². The number of aromatic nitrogens is 1. The quantitative estimate of drug-likeness (QED) is 0.815. The van der Waals surface area contributed by atoms with Crippen LogP contribution in [0, 0.1) is 12.8 Å². The zero-order chi connectivity index (χ0) is 12.5. The number of hydrogen-bond donors (Lipinski definition) is 0. The van der Waals surface area contributed by atoms with Crippen molar-refractivity contribution in [2.75, 3.05) is 19.8 Å². The van der Waals surface area contributed by atoms with Gasteiger partial charge in [-0.1, -0.05) is 5.16 Å². The minimum atomic E-state index is 0.00116. The Bertz CT molecular complexity index is 433. The molecule has 1 aliphatic heterocycles. The Labute approximate surface area is 106 Å². The zero-order valence-corrected chi connectivity index (χ0v) is 10.6. The van der Waals surface area contributed by atoms with Crippen molar-refractivity contribution in [2.24, 2.45) is 5.92 Å². The van der Waals surface area contributed by atoms with Gasteiger partial charge in [0.05, 0.1) is 6.61 Å². The van der Waals surface area contributed by atoms with Gasteiger partial charge in [0.2, 0.25) is 0 Å². The molecule has 0 unspecified atom stereocenters. The fourth-order valence-corrected chi connectivity index (χ4v) is 2.40. The first kappa shape index (κ1) is 11.7. The van der Waals surface area contributed by atoms with Crippen LogP contribution >= 0.6 is 0 Å². The van der Waals surface area contributed by atoms with Gasteiger partial charge in [-0.3, -0.25) is 4.79 Å². The van der Waals surface area contributed by atoms with E-state index in [-0.39, 0.29) is 5.91 Å². The van der Waals surface area contributed by atoms with Crippen LogP contribution in [0.25, 0.3) is 0 Å². The molecular weight excluding hydrogens is 232 g/mol. The van der Waals surface area contributed by atoms with Crippen LogP contribution in [0.5, 0.6) is 0 Å². The van der Waals surface area contributed by atoms with E-state index >= 15 is 0 Å². The predicted molar refractivity (Wildman–Crippen MR) is 64.2 cm³/mol. The third-order valence-electron chi connectivity index (χ3n) is 3.57. The highest BCUT2D eigenvalue weighted by atomic mass is 16.5. The zero-order valence-electron chi connectivity index (χ0n) is 10.6. The average Bonchev–Trinajstić information content (AvgIpc) is 2.88. The molecule has 1 aromatic rings. The van der Waals surface area contributed by atoms with Crippen LogP contribution in [0.15, 0.2) is 10.6 Å². The van der Waals surface area contributed by atoms with E-state index in [1.165, 1.54) is 0 Å². The second-order valence-corrected chi connectivity index (χ2v) is 5.24. The van der Waals surface area contributed by atoms with Crippen molar-refractivity contribution in [3.05, 3.63) is 17.5 Å². The third kappa shape index (κ3) is 2.41. The van der Waals surface area contributed by atoms with Crippen LogP contribution in [0.4, 0.5) is 0 Å². The molecular formula is C13H18N2O3. The molecule has 0 spiro atoms. The summed E-state index contributed by atoms with van der Waals surface area (Å²) in [5, 5.41) is 3.82. The first-order valence-corrected chi connectivity index (χ1v) is 6.56. The Morgan fingerprint density at radius 2 is 2.33 bits per heavy atom. The largest absolute Gasteiger partial charge is 0.381 e. The van der Waals surface area contributed by atoms with Crippen molar-refractivity contribution in [1.29, 1.82) is 0 Å². The van der Waals surface area contributed by atoms with E-state index in [0.29, 0.717) is 23.4 Å². The molecule has 0 radical (unpaired) electrons. The summed E-state index contributed by atoms with van der Waals surface area (Å²) in [7, 11) is 0. The van der Waals surface area contributed by atoms with Gasteiger partial charge in [0, 0.05) is 31.2 Å². The van der Waals surface area contributed by atoms with Crippen LogP contribution in [0.1, 0.15) is 35.5 Å². The van der Waals surface area contributed by atoms with E-state index in [9.17, 15) is 4.79 Å². The van der Waals surface area contributed by atoms with E-state index in [4.69, 9.17) is 9.26 Å². The van der Waals surface area contributed by atoms with Crippen LogP contribution < -0.4 is 0 Å². The number of carbonyl (C=O) groups excluding carboxylic acids is 1. The molecule has 0 aromatic carbocycles. The van der Waals surface area contributed by atoms with Crippen molar-refractivity contribution >= 4 is 5.91 Å². The Morgan fingerprint density at radius 1 is 1.50 bits per heavy atom. The van der Waals surface area contributed by atoms with E-state index in [2.05, 4.69) is 5.16 Å². The van der Waals surface area contributed by atoms with Crippen molar-refractivity contribution < 1.29 is 14.1 Å². The molecule has 18 heavy (non-hydrogen) atoms. The average molecular weight is 250 g/mol. The minimum absolute atomic E-state index is 0.00116. The topological polar surface area (TPSA) is 55.6 Å². The SMILES string of the molecule is Cc1cc(C(=O)N(C[C@@H]2CCOC2)C2CC2)no1. The second-order valence-electron chi connectivity index (χ2n) is 5.24. The number of nitrogens with zero attached hydrogens (tertiary/aromatic N) is 2. The van der Waals surface area contributed by atoms with Gasteiger partial charge in [-0.05, 0) is 26.2 Å². The van der Waals surface area contributed by atoms with Gasteiger partial charge >= 0.3 is 0 Å². The van der Waals surface area contributed by atoms with E-state index < -0.39 is 0 Å². The first-order chi connectivity index (χ1) is 8.74. The summed E-state index contributed by atoms with van der Waals surface area (Å²) >= 11 is 0. The summed E-state index contributed by atoms with van der Waals surface area (Å²) in [5.41, 5.74) is 0.429. The van der Waals surface area contributed by atoms with Crippen molar-refractivity contribution in [3.8, 4) is 0 Å². The Hall–Kier alpha value is -1.36. The molecule has 1 aromatic heterocycles. The lowest BCUT2D eigenvalue weighted by molar-refractivity contribution is 0.0696. The molecule has 98 valence electrons. The molecule has 1 aliphatic carbocycles. The highest BCUT2D eigenvalue weighted by Gasteiger charge is 2.36. The lowest BCUT2D eigenvalue weighted by Gasteiger charge is -2.24. The van der Waals surface area contributed by atoms with E-state index in [1.807, 2.05) is 4.90 Å². The van der Waals surface area contributed by atoms with Gasteiger partial charge in [-0.2, -0.15) is 0 Å². The molecule has 5 nitrogen and oxygen atoms in total. The highest BCUT2D eigenvalue weighted by molar-refractivity contribution is 5.92. The summed E-state index contributed by atoms with van der Waals surface area (Å²) in [6.07, 6.45) is 3.26. The maximum atomic E-state index is 12.4. The summed E-state index contributed by atoms with van der Waals surface area (Å²) in [4.78, 5) is 14.3. The monoisotopic (exact) mass is 250 g/mol. The number of ether oxygens (including phenoxy) is 1. The number of amides is 1. The van der Waals surface area contributed by atoms with Gasteiger partial charge in [0.25, 0.3) is 5.91 Å². The van der Waals surface area contributed by atoms with Gasteiger partial charge in [0.1, 0.15) is 5.76 Å². The second kappa shape index (κ2) is 4.72. The Morgan fingerprint density at radius 3 is 2.89 bits per heavy atom. The third-order valence-corrected chi connectivity index (χ3v) is 3.57. The van der Waals surface area contributed by atoms with Crippen LogP contribution in [-0.4, -0.2) is 41.8 Å². The van der Waals surface area contributed by atoms with Crippen LogP contribution in [0.3, 0.4) is 0 Å². The van der Waals surface area contributed by atoms with Gasteiger partial charge in [-0.15, -0.1) is 0 Å². The lowest BCUT2D eigenvalue weighted by Crippen LogP contribution is -2.37. The molecule has 0 bridgehead atoms. The Balaban J connectivity index is 1.70. The molecule has 0 N–H and O–H groups in total. The molecule has 1 amide bonds. The standard InChI is InChI=1S/C13H18N2O3/c1-9-6-12(14-18-9)13(16)15(11-2-3-11)7-10-4-5-17-8-10/h6,10-11H,2-5,7-8H2,1H3/t10-/m0/s1. The number of carbonyl (C=O) groups is 1. The van der Waals surface area contributed by atoms with E-state index in [1.54, 1.807) is 13.0 Å². The fourth-order valence-electron chi connectivity index (χ4n) is 2.40. The summed E-state index contributed by atoms with van der Waals surface area (Å²) in [6, 6.07) is 2.11. The molecule has 5 heteroatoms. The van der Waals surface area contributed by atoms with Gasteiger partial charge in [0.15, 0.2) is 5.69 Å². The summed E-state index contributed by atoms with van der Waals surface area (Å²) in [5.74, 6) is 1.15. The Kier molecular flexibility index (Phi) is 3.07. The highest BCUT2D eigenvalue weighted by Crippen LogP contribution is 2.30. The van der Waals surface area contributed by atoms with Crippen molar-refractivity contribution in [3.63, 3.8) is 0 Å². The molecule has 3 rings (SSSR count). The lowest BCUT2D eigenvalue weighted by atomic mass is 10.1. The molecule has 1 saturated heterocycles. The smallest absolute Gasteiger partial charge is 0.276 e. The first-order valence-electron chi connectivity index (χ1n) is 6.56. The van der Waals surface area contributed by atoms with Crippen molar-refractivity contribution in [2.45, 2.75) is 32.2 Å². The minimum Gasteiger partial charge on any atom is -0.381 e. The molecule has 2 aliphatic rings. The predicted octanol–water partition coefficient (Wildman–Crippen LogP) is 1.62. The van der Waals surface area contributed by atoms with Crippen LogP contribution in [-0.2, 0) is 4.74 Å². The molecule has 1 saturated carbocycles. The summed E-state index contributed by atoms with van der Waals surface area (Å²) < 4.78 is 10.4. The van der Waals surface area contributed by atoms with Gasteiger partial charge < -0.3 is 14.2 Å². The number of hydrogen-bond acceptors (Lipinski definition) is 4.